The maximum Gasteiger partial charge on any atom is 0.333 e. The van der Waals surface area contributed by atoms with Crippen LogP contribution in [0.1, 0.15) is 57.9 Å². The van der Waals surface area contributed by atoms with E-state index in [2.05, 4.69) is 30.7 Å². The van der Waals surface area contributed by atoms with Crippen LogP contribution in [0.3, 0.4) is 0 Å². The van der Waals surface area contributed by atoms with E-state index in [1.807, 2.05) is 12.1 Å². The van der Waals surface area contributed by atoms with E-state index in [0.717, 1.165) is 24.3 Å². The minimum Gasteiger partial charge on any atom is -0.273 e. The highest BCUT2D eigenvalue weighted by atomic mass is 35.5. The van der Waals surface area contributed by atoms with Gasteiger partial charge in [-0.2, -0.15) is 13.1 Å². The zero-order valence-electron chi connectivity index (χ0n) is 13.8. The third-order valence-corrected chi connectivity index (χ3v) is 6.23. The van der Waals surface area contributed by atoms with Crippen LogP contribution in [0.15, 0.2) is 24.3 Å². The van der Waals surface area contributed by atoms with Crippen LogP contribution in [-0.2, 0) is 15.7 Å². The third-order valence-electron chi connectivity index (χ3n) is 5.41. The molecule has 1 fully saturated rings. The van der Waals surface area contributed by atoms with Gasteiger partial charge in [-0.25, -0.2) is 0 Å². The average molecular weight is 360 g/mol. The van der Waals surface area contributed by atoms with Crippen LogP contribution < -0.4 is 4.72 Å². The number of unbranched alkanes of at least 4 members (excludes halogenated alkanes) is 1. The second-order valence-electron chi connectivity index (χ2n) is 7.15. The second kappa shape index (κ2) is 7.09. The van der Waals surface area contributed by atoms with Crippen molar-refractivity contribution in [2.45, 2.75) is 57.8 Å². The first kappa shape index (κ1) is 18.7. The predicted molar refractivity (Wildman–Crippen MR) is 94.2 cm³/mol. The fourth-order valence-corrected chi connectivity index (χ4v) is 4.32. The van der Waals surface area contributed by atoms with Gasteiger partial charge in [-0.1, -0.05) is 50.4 Å². The molecule has 1 aliphatic carbocycles. The van der Waals surface area contributed by atoms with Crippen molar-refractivity contribution in [2.75, 3.05) is 6.54 Å². The smallest absolute Gasteiger partial charge is 0.273 e. The van der Waals surface area contributed by atoms with Gasteiger partial charge < -0.3 is 0 Å². The molecule has 23 heavy (non-hydrogen) atoms. The standard InChI is InChI=1S/C17H26ClNO3S/c1-16(2,10-3-4-13-19-23(20,21)22)17(11-5-12-17)14-6-8-15(18)9-7-14/h6-9,19H,3-5,10-13H2,1-2H3,(H,20,21,22). The summed E-state index contributed by atoms with van der Waals surface area (Å²) in [7, 11) is -4.07. The second-order valence-corrected chi connectivity index (χ2v) is 8.83. The van der Waals surface area contributed by atoms with Gasteiger partial charge in [0.25, 0.3) is 0 Å². The summed E-state index contributed by atoms with van der Waals surface area (Å²) < 4.78 is 32.1. The van der Waals surface area contributed by atoms with E-state index in [9.17, 15) is 8.42 Å². The third kappa shape index (κ3) is 4.47. The summed E-state index contributed by atoms with van der Waals surface area (Å²) in [6, 6.07) is 8.21. The summed E-state index contributed by atoms with van der Waals surface area (Å²) in [5.41, 5.74) is 1.68. The molecule has 0 aromatic heterocycles. The Morgan fingerprint density at radius 3 is 2.30 bits per heavy atom. The quantitative estimate of drug-likeness (QED) is 0.535. The van der Waals surface area contributed by atoms with E-state index in [1.54, 1.807) is 0 Å². The van der Waals surface area contributed by atoms with Crippen molar-refractivity contribution >= 4 is 21.9 Å². The maximum absolute atomic E-state index is 10.7. The molecule has 2 rings (SSSR count). The lowest BCUT2D eigenvalue weighted by Gasteiger charge is -2.54. The number of hydrogen-bond acceptors (Lipinski definition) is 2. The van der Waals surface area contributed by atoms with Gasteiger partial charge in [0.1, 0.15) is 0 Å². The Morgan fingerprint density at radius 1 is 1.22 bits per heavy atom. The first-order valence-electron chi connectivity index (χ1n) is 8.14. The lowest BCUT2D eigenvalue weighted by Crippen LogP contribution is -2.47. The molecule has 0 bridgehead atoms. The molecule has 0 aliphatic heterocycles. The van der Waals surface area contributed by atoms with Crippen molar-refractivity contribution in [3.63, 3.8) is 0 Å². The largest absolute Gasteiger partial charge is 0.333 e. The Balaban J connectivity index is 1.97. The molecular weight excluding hydrogens is 334 g/mol. The Labute approximate surface area is 144 Å². The number of benzene rings is 1. The van der Waals surface area contributed by atoms with Crippen LogP contribution >= 0.6 is 11.6 Å². The van der Waals surface area contributed by atoms with Gasteiger partial charge in [-0.3, -0.25) is 4.55 Å². The summed E-state index contributed by atoms with van der Waals surface area (Å²) in [4.78, 5) is 0. The number of rotatable bonds is 8. The van der Waals surface area contributed by atoms with Crippen molar-refractivity contribution in [3.8, 4) is 0 Å². The molecule has 2 N–H and O–H groups in total. The van der Waals surface area contributed by atoms with Crippen LogP contribution in [0.25, 0.3) is 0 Å². The van der Waals surface area contributed by atoms with Crippen molar-refractivity contribution < 1.29 is 13.0 Å². The Bertz CT molecular complexity index is 622. The van der Waals surface area contributed by atoms with E-state index in [1.165, 1.54) is 24.8 Å². The molecule has 1 aromatic rings. The zero-order chi connectivity index (χ0) is 17.1. The minimum atomic E-state index is -4.07. The van der Waals surface area contributed by atoms with Gasteiger partial charge in [0, 0.05) is 17.0 Å². The van der Waals surface area contributed by atoms with Crippen LogP contribution in [0, 0.1) is 5.41 Å². The molecule has 0 radical (unpaired) electrons. The summed E-state index contributed by atoms with van der Waals surface area (Å²) in [5, 5.41) is 0.761. The molecule has 1 saturated carbocycles. The highest BCUT2D eigenvalue weighted by molar-refractivity contribution is 7.83. The summed E-state index contributed by atoms with van der Waals surface area (Å²) >= 11 is 6.02. The SMILES string of the molecule is CC(C)(CCCCNS(=O)(=O)O)C1(c2ccc(Cl)cc2)CCC1. The monoisotopic (exact) mass is 359 g/mol. The summed E-state index contributed by atoms with van der Waals surface area (Å²) in [6.45, 7) is 4.89. The van der Waals surface area contributed by atoms with Gasteiger partial charge in [0.05, 0.1) is 0 Å². The first-order chi connectivity index (χ1) is 10.7. The Hall–Kier alpha value is -0.620. The lowest BCUT2D eigenvalue weighted by molar-refractivity contribution is 0.0580. The number of halogens is 1. The van der Waals surface area contributed by atoms with Gasteiger partial charge >= 0.3 is 10.3 Å². The molecule has 1 aliphatic rings. The molecule has 0 heterocycles. The van der Waals surface area contributed by atoms with Gasteiger partial charge in [-0.05, 0) is 48.8 Å². The van der Waals surface area contributed by atoms with Crippen molar-refractivity contribution in [2.24, 2.45) is 5.41 Å². The fraction of sp³-hybridized carbons (Fsp3) is 0.647. The van der Waals surface area contributed by atoms with Gasteiger partial charge in [0.15, 0.2) is 0 Å². The van der Waals surface area contributed by atoms with E-state index in [0.29, 0.717) is 0 Å². The molecule has 0 spiro atoms. The Kier molecular flexibility index (Phi) is 5.77. The molecule has 4 nitrogen and oxygen atoms in total. The van der Waals surface area contributed by atoms with Crippen molar-refractivity contribution in [1.29, 1.82) is 0 Å². The molecule has 0 saturated heterocycles. The molecule has 0 atom stereocenters. The molecule has 1 aromatic carbocycles. The van der Waals surface area contributed by atoms with Crippen LogP contribution in [0.4, 0.5) is 0 Å². The summed E-state index contributed by atoms with van der Waals surface area (Å²) in [6.07, 6.45) is 6.28. The maximum atomic E-state index is 10.7. The van der Waals surface area contributed by atoms with Crippen molar-refractivity contribution in [3.05, 3.63) is 34.9 Å². The highest BCUT2D eigenvalue weighted by Gasteiger charge is 2.49. The highest BCUT2D eigenvalue weighted by Crippen LogP contribution is 2.57. The Morgan fingerprint density at radius 2 is 1.83 bits per heavy atom. The summed E-state index contributed by atoms with van der Waals surface area (Å²) in [5.74, 6) is 0. The number of hydrogen-bond donors (Lipinski definition) is 2. The topological polar surface area (TPSA) is 66.4 Å². The van der Waals surface area contributed by atoms with Crippen molar-refractivity contribution in [1.82, 2.24) is 4.72 Å². The van der Waals surface area contributed by atoms with E-state index >= 15 is 0 Å². The van der Waals surface area contributed by atoms with E-state index in [4.69, 9.17) is 16.2 Å². The lowest BCUT2D eigenvalue weighted by atomic mass is 9.50. The van der Waals surface area contributed by atoms with E-state index in [-0.39, 0.29) is 17.4 Å². The molecule has 6 heteroatoms. The van der Waals surface area contributed by atoms with Crippen LogP contribution in [0.5, 0.6) is 0 Å². The van der Waals surface area contributed by atoms with Crippen LogP contribution in [-0.4, -0.2) is 19.5 Å². The first-order valence-corrected chi connectivity index (χ1v) is 9.96. The predicted octanol–water partition coefficient (Wildman–Crippen LogP) is 4.35. The van der Waals surface area contributed by atoms with E-state index < -0.39 is 10.3 Å². The molecule has 0 amide bonds. The molecule has 0 unspecified atom stereocenters. The van der Waals surface area contributed by atoms with Crippen LogP contribution in [0.2, 0.25) is 5.02 Å². The number of nitrogens with one attached hydrogen (secondary N) is 1. The minimum absolute atomic E-state index is 0.136. The molecular formula is C17H26ClNO3S. The normalized spacial score (nSPS) is 17.7. The van der Waals surface area contributed by atoms with Gasteiger partial charge in [0.2, 0.25) is 0 Å². The zero-order valence-corrected chi connectivity index (χ0v) is 15.4. The molecule has 130 valence electrons. The average Bonchev–Trinajstić information content (AvgIpc) is 2.37. The fourth-order valence-electron chi connectivity index (χ4n) is 3.79. The van der Waals surface area contributed by atoms with Gasteiger partial charge in [-0.15, -0.1) is 0 Å².